The molecule has 2 aliphatic rings. The fourth-order valence-corrected chi connectivity index (χ4v) is 4.35. The van der Waals surface area contributed by atoms with E-state index in [2.05, 4.69) is 56.1 Å². The average Bonchev–Trinajstić information content (AvgIpc) is 3.03. The third-order valence-electron chi connectivity index (χ3n) is 4.90. The van der Waals surface area contributed by atoms with Crippen LogP contribution in [0.1, 0.15) is 48.7 Å². The Bertz CT molecular complexity index is 913. The van der Waals surface area contributed by atoms with E-state index >= 15 is 0 Å². The molecule has 0 aromatic carbocycles. The molecule has 1 atom stereocenters. The smallest absolute Gasteiger partial charge is 0.216 e. The number of methoxy groups -OCH3 is 2. The molecule has 1 aliphatic heterocycles. The zero-order chi connectivity index (χ0) is 20.1. The molecule has 148 valence electrons. The molecule has 0 bridgehead atoms. The normalized spacial score (nSPS) is 20.5. The number of aliphatic imine (C=N–C) groups is 1. The molecular formula is C23H28N2O2S. The molecule has 0 saturated carbocycles. The number of rotatable bonds is 3. The third-order valence-corrected chi connectivity index (χ3v) is 6.18. The van der Waals surface area contributed by atoms with Crippen molar-refractivity contribution in [2.24, 2.45) is 10.9 Å². The highest BCUT2D eigenvalue weighted by Crippen LogP contribution is 2.35. The molecule has 1 unspecified atom stereocenters. The Labute approximate surface area is 171 Å². The van der Waals surface area contributed by atoms with Crippen LogP contribution in [0.4, 0.5) is 0 Å². The Morgan fingerprint density at radius 2 is 1.96 bits per heavy atom. The summed E-state index contributed by atoms with van der Waals surface area (Å²) >= 11 is 1.74. The average molecular weight is 397 g/mol. The van der Waals surface area contributed by atoms with Crippen LogP contribution in [0.25, 0.3) is 11.1 Å². The van der Waals surface area contributed by atoms with Gasteiger partial charge in [0.1, 0.15) is 5.01 Å². The molecule has 1 aliphatic carbocycles. The van der Waals surface area contributed by atoms with Crippen molar-refractivity contribution in [1.82, 2.24) is 4.98 Å². The summed E-state index contributed by atoms with van der Waals surface area (Å²) < 4.78 is 10.9. The molecule has 0 fully saturated rings. The van der Waals surface area contributed by atoms with Gasteiger partial charge in [-0.1, -0.05) is 37.3 Å². The summed E-state index contributed by atoms with van der Waals surface area (Å²) in [6.07, 6.45) is 15.8. The van der Waals surface area contributed by atoms with Crippen molar-refractivity contribution in [3.8, 4) is 0 Å². The van der Waals surface area contributed by atoms with Gasteiger partial charge in [-0.3, -0.25) is 0 Å². The fourth-order valence-electron chi connectivity index (χ4n) is 3.23. The van der Waals surface area contributed by atoms with E-state index < -0.39 is 0 Å². The Kier molecular flexibility index (Phi) is 6.68. The van der Waals surface area contributed by atoms with Gasteiger partial charge in [0.05, 0.1) is 24.8 Å². The van der Waals surface area contributed by atoms with Crippen molar-refractivity contribution in [1.29, 1.82) is 0 Å². The Balaban J connectivity index is 1.97. The SMILES string of the molecule is COC1=NC(OC)=C(C)CCC(c2sc(C3=CC=CC(C)CC=C3)nc2C)=C1. The zero-order valence-corrected chi connectivity index (χ0v) is 18.1. The van der Waals surface area contributed by atoms with E-state index in [1.54, 1.807) is 25.6 Å². The minimum atomic E-state index is 0.558. The number of hydrogen-bond acceptors (Lipinski definition) is 5. The van der Waals surface area contributed by atoms with Crippen LogP contribution in [0.3, 0.4) is 0 Å². The van der Waals surface area contributed by atoms with Gasteiger partial charge < -0.3 is 9.47 Å². The summed E-state index contributed by atoms with van der Waals surface area (Å²) in [6.45, 7) is 6.36. The van der Waals surface area contributed by atoms with E-state index in [0.29, 0.717) is 17.7 Å². The number of aryl methyl sites for hydroxylation is 1. The van der Waals surface area contributed by atoms with Gasteiger partial charge >= 0.3 is 0 Å². The van der Waals surface area contributed by atoms with Crippen LogP contribution in [0, 0.1) is 12.8 Å². The standard InChI is InChI=1S/C23H28N2O2S/c1-15-8-6-10-18(11-7-9-15)23-24-17(3)21(28-23)19-13-12-16(2)22(27-5)25-20(14-19)26-4/h6-8,10-11,14-15H,9,12-13H2,1-5H3. The molecule has 3 rings (SSSR count). The predicted molar refractivity (Wildman–Crippen MR) is 118 cm³/mol. The first-order valence-electron chi connectivity index (χ1n) is 9.62. The van der Waals surface area contributed by atoms with Crippen LogP contribution in [0.2, 0.25) is 0 Å². The summed E-state index contributed by atoms with van der Waals surface area (Å²) in [5.74, 6) is 1.77. The molecule has 1 aromatic rings. The molecule has 0 saturated heterocycles. The van der Waals surface area contributed by atoms with Gasteiger partial charge in [-0.05, 0) is 50.2 Å². The lowest BCUT2D eigenvalue weighted by atomic mass is 10.0. The van der Waals surface area contributed by atoms with Crippen LogP contribution in [-0.2, 0) is 9.47 Å². The van der Waals surface area contributed by atoms with Crippen LogP contribution in [0.15, 0.2) is 52.9 Å². The highest BCUT2D eigenvalue weighted by atomic mass is 32.1. The van der Waals surface area contributed by atoms with E-state index in [1.807, 2.05) is 6.08 Å². The monoisotopic (exact) mass is 396 g/mol. The maximum atomic E-state index is 5.47. The van der Waals surface area contributed by atoms with Gasteiger partial charge in [0.15, 0.2) is 0 Å². The first-order chi connectivity index (χ1) is 13.5. The highest BCUT2D eigenvalue weighted by molar-refractivity contribution is 7.14. The minimum Gasteiger partial charge on any atom is -0.481 e. The first-order valence-corrected chi connectivity index (χ1v) is 10.4. The number of allylic oxidation sites excluding steroid dienone is 8. The highest BCUT2D eigenvalue weighted by Gasteiger charge is 2.18. The molecule has 0 amide bonds. The maximum Gasteiger partial charge on any atom is 0.216 e. The summed E-state index contributed by atoms with van der Waals surface area (Å²) in [4.78, 5) is 10.6. The van der Waals surface area contributed by atoms with Crippen LogP contribution in [0.5, 0.6) is 0 Å². The minimum absolute atomic E-state index is 0.558. The molecule has 0 spiro atoms. The first kappa shape index (κ1) is 20.3. The van der Waals surface area contributed by atoms with Gasteiger partial charge in [-0.2, -0.15) is 4.99 Å². The second-order valence-corrected chi connectivity index (χ2v) is 8.17. The van der Waals surface area contributed by atoms with Crippen LogP contribution < -0.4 is 0 Å². The lowest BCUT2D eigenvalue weighted by molar-refractivity contribution is 0.278. The van der Waals surface area contributed by atoms with Crippen LogP contribution >= 0.6 is 11.3 Å². The predicted octanol–water partition coefficient (Wildman–Crippen LogP) is 6.09. The number of nitrogens with zero attached hydrogens (tertiary/aromatic N) is 2. The van der Waals surface area contributed by atoms with Gasteiger partial charge in [-0.15, -0.1) is 11.3 Å². The van der Waals surface area contributed by atoms with Gasteiger partial charge in [-0.25, -0.2) is 4.98 Å². The number of ether oxygens (including phenoxy) is 2. The number of aromatic nitrogens is 1. The Morgan fingerprint density at radius 1 is 1.14 bits per heavy atom. The molecule has 5 heteroatoms. The van der Waals surface area contributed by atoms with Crippen molar-refractivity contribution in [3.05, 3.63) is 63.5 Å². The quantitative estimate of drug-likeness (QED) is 0.621. The van der Waals surface area contributed by atoms with E-state index in [-0.39, 0.29) is 0 Å². The van der Waals surface area contributed by atoms with Crippen molar-refractivity contribution in [2.75, 3.05) is 14.2 Å². The molecule has 1 aromatic heterocycles. The van der Waals surface area contributed by atoms with Crippen molar-refractivity contribution >= 4 is 28.4 Å². The summed E-state index contributed by atoms with van der Waals surface area (Å²) in [6, 6.07) is 0. The topological polar surface area (TPSA) is 43.7 Å². The fraction of sp³-hybridized carbons (Fsp3) is 0.391. The van der Waals surface area contributed by atoms with E-state index in [0.717, 1.165) is 41.1 Å². The molecule has 0 radical (unpaired) electrons. The molecular weight excluding hydrogens is 368 g/mol. The number of thiazole rings is 1. The lowest BCUT2D eigenvalue weighted by Gasteiger charge is -2.14. The summed E-state index contributed by atoms with van der Waals surface area (Å²) in [7, 11) is 3.28. The van der Waals surface area contributed by atoms with Crippen molar-refractivity contribution < 1.29 is 9.47 Å². The third kappa shape index (κ3) is 4.71. The second kappa shape index (κ2) is 9.20. The Hall–Kier alpha value is -2.40. The van der Waals surface area contributed by atoms with Gasteiger partial charge in [0.2, 0.25) is 11.8 Å². The molecule has 28 heavy (non-hydrogen) atoms. The van der Waals surface area contributed by atoms with Crippen molar-refractivity contribution in [2.45, 2.75) is 40.0 Å². The van der Waals surface area contributed by atoms with E-state index in [1.165, 1.54) is 10.5 Å². The van der Waals surface area contributed by atoms with Gasteiger partial charge in [0, 0.05) is 11.6 Å². The molecule has 2 heterocycles. The van der Waals surface area contributed by atoms with Crippen molar-refractivity contribution in [3.63, 3.8) is 0 Å². The van der Waals surface area contributed by atoms with E-state index in [9.17, 15) is 0 Å². The molecule has 0 N–H and O–H groups in total. The Morgan fingerprint density at radius 3 is 2.71 bits per heavy atom. The van der Waals surface area contributed by atoms with E-state index in [4.69, 9.17) is 14.5 Å². The lowest BCUT2D eigenvalue weighted by Crippen LogP contribution is -2.04. The molecule has 4 nitrogen and oxygen atoms in total. The largest absolute Gasteiger partial charge is 0.481 e. The zero-order valence-electron chi connectivity index (χ0n) is 17.3. The van der Waals surface area contributed by atoms with Gasteiger partial charge in [0.25, 0.3) is 0 Å². The summed E-state index contributed by atoms with van der Waals surface area (Å²) in [5, 5.41) is 1.05. The maximum absolute atomic E-state index is 5.47. The summed E-state index contributed by atoms with van der Waals surface area (Å²) in [5.41, 5.74) is 4.53. The van der Waals surface area contributed by atoms with Crippen LogP contribution in [-0.4, -0.2) is 25.1 Å². The number of hydrogen-bond donors (Lipinski definition) is 0. The second-order valence-electron chi connectivity index (χ2n) is 7.17.